The number of alkyl halides is 3. The van der Waals surface area contributed by atoms with Crippen LogP contribution in [0.4, 0.5) is 17.6 Å². The van der Waals surface area contributed by atoms with Gasteiger partial charge in [-0.25, -0.2) is 4.39 Å². The Labute approximate surface area is 165 Å². The fraction of sp³-hybridized carbons (Fsp3) is 0.579. The zero-order chi connectivity index (χ0) is 20.5. The third-order valence-electron chi connectivity index (χ3n) is 5.54. The van der Waals surface area contributed by atoms with Crippen molar-refractivity contribution in [1.29, 1.82) is 0 Å². The Morgan fingerprint density at radius 1 is 1.00 bits per heavy atom. The van der Waals surface area contributed by atoms with Crippen LogP contribution in [-0.4, -0.2) is 54.0 Å². The first-order valence-corrected chi connectivity index (χ1v) is 9.66. The Bertz CT molecular complexity index is 748. The van der Waals surface area contributed by atoms with Crippen LogP contribution in [0.3, 0.4) is 0 Å². The highest BCUT2D eigenvalue weighted by atomic mass is 35.5. The van der Waals surface area contributed by atoms with Gasteiger partial charge in [-0.1, -0.05) is 24.4 Å². The van der Waals surface area contributed by atoms with Crippen molar-refractivity contribution in [2.75, 3.05) is 26.2 Å². The van der Waals surface area contributed by atoms with Crippen LogP contribution in [0.15, 0.2) is 18.2 Å². The van der Waals surface area contributed by atoms with Crippen molar-refractivity contribution in [3.8, 4) is 0 Å². The first-order valence-electron chi connectivity index (χ1n) is 9.28. The van der Waals surface area contributed by atoms with E-state index in [1.807, 2.05) is 0 Å². The fourth-order valence-corrected chi connectivity index (χ4v) is 4.26. The molecule has 9 heteroatoms. The molecule has 2 atom stereocenters. The van der Waals surface area contributed by atoms with E-state index in [4.69, 9.17) is 11.6 Å². The second-order valence-corrected chi connectivity index (χ2v) is 7.69. The predicted molar refractivity (Wildman–Crippen MR) is 95.4 cm³/mol. The molecule has 28 heavy (non-hydrogen) atoms. The van der Waals surface area contributed by atoms with E-state index in [1.165, 1.54) is 15.9 Å². The fourth-order valence-electron chi connectivity index (χ4n) is 4.02. The molecule has 2 unspecified atom stereocenters. The molecule has 1 heterocycles. The van der Waals surface area contributed by atoms with Crippen LogP contribution >= 0.6 is 11.6 Å². The Balaban J connectivity index is 1.63. The molecule has 1 aromatic rings. The van der Waals surface area contributed by atoms with Crippen LogP contribution in [0.1, 0.15) is 36.0 Å². The SMILES string of the molecule is O=C(c1ccc(F)cc1Cl)N1CCN(C(=O)C2CCCCC2C(F)(F)F)CC1. The van der Waals surface area contributed by atoms with Crippen molar-refractivity contribution in [2.45, 2.75) is 31.9 Å². The Morgan fingerprint density at radius 2 is 1.61 bits per heavy atom. The summed E-state index contributed by atoms with van der Waals surface area (Å²) >= 11 is 5.92. The lowest BCUT2D eigenvalue weighted by Gasteiger charge is -2.39. The second-order valence-electron chi connectivity index (χ2n) is 7.28. The summed E-state index contributed by atoms with van der Waals surface area (Å²) in [5, 5.41) is -0.00118. The van der Waals surface area contributed by atoms with Crippen molar-refractivity contribution < 1.29 is 27.2 Å². The molecule has 0 N–H and O–H groups in total. The number of carbonyl (C=O) groups is 2. The van der Waals surface area contributed by atoms with Gasteiger partial charge in [-0.05, 0) is 31.0 Å². The van der Waals surface area contributed by atoms with Gasteiger partial charge in [-0.15, -0.1) is 0 Å². The molecule has 0 radical (unpaired) electrons. The first-order chi connectivity index (χ1) is 13.2. The summed E-state index contributed by atoms with van der Waals surface area (Å²) in [6.07, 6.45) is -3.05. The van der Waals surface area contributed by atoms with Crippen molar-refractivity contribution in [1.82, 2.24) is 9.80 Å². The molecule has 1 aliphatic carbocycles. The topological polar surface area (TPSA) is 40.6 Å². The highest BCUT2D eigenvalue weighted by Crippen LogP contribution is 2.42. The molecular weight excluding hydrogens is 400 g/mol. The van der Waals surface area contributed by atoms with Gasteiger partial charge >= 0.3 is 6.18 Å². The van der Waals surface area contributed by atoms with Crippen LogP contribution in [0.2, 0.25) is 5.02 Å². The van der Waals surface area contributed by atoms with Gasteiger partial charge in [-0.2, -0.15) is 13.2 Å². The molecule has 2 aliphatic rings. The van der Waals surface area contributed by atoms with Crippen molar-refractivity contribution >= 4 is 23.4 Å². The molecular formula is C19H21ClF4N2O2. The quantitative estimate of drug-likeness (QED) is 0.675. The predicted octanol–water partition coefficient (Wildman–Crippen LogP) is 4.13. The van der Waals surface area contributed by atoms with E-state index in [1.54, 1.807) is 0 Å². The standard InChI is InChI=1S/C19H21ClF4N2O2/c20-16-11-12(21)5-6-14(16)18(28)26-9-7-25(8-10-26)17(27)13-3-1-2-4-15(13)19(22,23)24/h5-6,11,13,15H,1-4,7-10H2. The van der Waals surface area contributed by atoms with E-state index in [0.29, 0.717) is 12.8 Å². The number of benzene rings is 1. The number of hydrogen-bond acceptors (Lipinski definition) is 2. The van der Waals surface area contributed by atoms with Gasteiger partial charge in [0, 0.05) is 32.1 Å². The lowest BCUT2D eigenvalue weighted by Crippen LogP contribution is -2.53. The van der Waals surface area contributed by atoms with Gasteiger partial charge in [0.15, 0.2) is 0 Å². The van der Waals surface area contributed by atoms with Gasteiger partial charge in [0.05, 0.1) is 16.5 Å². The summed E-state index contributed by atoms with van der Waals surface area (Å²) in [6.45, 7) is 0.734. The number of carbonyl (C=O) groups excluding carboxylic acids is 2. The minimum atomic E-state index is -4.38. The summed E-state index contributed by atoms with van der Waals surface area (Å²) in [5.74, 6) is -4.05. The average Bonchev–Trinajstić information content (AvgIpc) is 2.66. The molecule has 0 spiro atoms. The third kappa shape index (κ3) is 4.42. The maximum Gasteiger partial charge on any atom is 0.392 e. The lowest BCUT2D eigenvalue weighted by molar-refractivity contribution is -0.201. The molecule has 3 rings (SSSR count). The van der Waals surface area contributed by atoms with Crippen LogP contribution < -0.4 is 0 Å². The maximum atomic E-state index is 13.3. The van der Waals surface area contributed by atoms with Crippen molar-refractivity contribution in [2.24, 2.45) is 11.8 Å². The number of rotatable bonds is 2. The molecule has 2 fully saturated rings. The Hall–Kier alpha value is -1.83. The van der Waals surface area contributed by atoms with E-state index in [2.05, 4.69) is 0 Å². The minimum absolute atomic E-state index is 0.00118. The van der Waals surface area contributed by atoms with Crippen LogP contribution in [-0.2, 0) is 4.79 Å². The van der Waals surface area contributed by atoms with E-state index in [-0.39, 0.29) is 55.5 Å². The number of hydrogen-bond donors (Lipinski definition) is 0. The van der Waals surface area contributed by atoms with Gasteiger partial charge in [0.2, 0.25) is 5.91 Å². The summed E-state index contributed by atoms with van der Waals surface area (Å²) in [7, 11) is 0. The normalized spacial score (nSPS) is 23.6. The summed E-state index contributed by atoms with van der Waals surface area (Å²) in [4.78, 5) is 28.2. The molecule has 154 valence electrons. The molecule has 1 saturated heterocycles. The monoisotopic (exact) mass is 420 g/mol. The molecule has 1 aliphatic heterocycles. The van der Waals surface area contributed by atoms with Crippen LogP contribution in [0, 0.1) is 17.7 Å². The smallest absolute Gasteiger partial charge is 0.339 e. The average molecular weight is 421 g/mol. The van der Waals surface area contributed by atoms with Crippen molar-refractivity contribution in [3.63, 3.8) is 0 Å². The largest absolute Gasteiger partial charge is 0.392 e. The zero-order valence-electron chi connectivity index (χ0n) is 15.1. The van der Waals surface area contributed by atoms with Crippen LogP contribution in [0.25, 0.3) is 0 Å². The van der Waals surface area contributed by atoms with Gasteiger partial charge < -0.3 is 9.80 Å². The minimum Gasteiger partial charge on any atom is -0.339 e. The highest BCUT2D eigenvalue weighted by Gasteiger charge is 2.49. The first kappa shape index (κ1) is 20.9. The van der Waals surface area contributed by atoms with Gasteiger partial charge in [-0.3, -0.25) is 9.59 Å². The van der Waals surface area contributed by atoms with Gasteiger partial charge in [0.25, 0.3) is 5.91 Å². The number of halogens is 5. The van der Waals surface area contributed by atoms with Gasteiger partial charge in [0.1, 0.15) is 5.82 Å². The molecule has 2 amide bonds. The summed E-state index contributed by atoms with van der Waals surface area (Å²) < 4.78 is 53.0. The van der Waals surface area contributed by atoms with E-state index >= 15 is 0 Å². The molecule has 0 aromatic heterocycles. The molecule has 1 saturated carbocycles. The summed E-state index contributed by atoms with van der Waals surface area (Å²) in [6, 6.07) is 3.49. The molecule has 0 bridgehead atoms. The third-order valence-corrected chi connectivity index (χ3v) is 5.86. The number of nitrogens with zero attached hydrogens (tertiary/aromatic N) is 2. The second kappa shape index (κ2) is 8.27. The Kier molecular flexibility index (Phi) is 6.17. The molecule has 1 aromatic carbocycles. The van der Waals surface area contributed by atoms with Crippen molar-refractivity contribution in [3.05, 3.63) is 34.6 Å². The van der Waals surface area contributed by atoms with Crippen LogP contribution in [0.5, 0.6) is 0 Å². The van der Waals surface area contributed by atoms with E-state index < -0.39 is 29.7 Å². The lowest BCUT2D eigenvalue weighted by atomic mass is 9.78. The molecule has 4 nitrogen and oxygen atoms in total. The summed E-state index contributed by atoms with van der Waals surface area (Å²) in [5.41, 5.74) is 0.159. The van der Waals surface area contributed by atoms with E-state index in [9.17, 15) is 27.2 Å². The van der Waals surface area contributed by atoms with E-state index in [0.717, 1.165) is 12.1 Å². The highest BCUT2D eigenvalue weighted by molar-refractivity contribution is 6.33. The zero-order valence-corrected chi connectivity index (χ0v) is 15.9. The Morgan fingerprint density at radius 3 is 2.21 bits per heavy atom. The maximum absolute atomic E-state index is 13.3. The number of piperazine rings is 1. The number of amides is 2.